The number of aryl methyl sites for hydroxylation is 1. The number of rotatable bonds is 5. The minimum absolute atomic E-state index is 0.0165. The number of halogens is 1. The molecule has 0 heterocycles. The minimum Gasteiger partial charge on any atom is -0.483 e. The highest BCUT2D eigenvalue weighted by Gasteiger charge is 2.18. The highest BCUT2D eigenvalue weighted by atomic mass is 79.9. The smallest absolute Gasteiger partial charge is 0.258 e. The Kier molecular flexibility index (Phi) is 5.68. The normalized spacial score (nSPS) is 15.5. The number of amides is 1. The Labute approximate surface area is 135 Å². The summed E-state index contributed by atoms with van der Waals surface area (Å²) in [4.78, 5) is 12.0. The van der Waals surface area contributed by atoms with Crippen molar-refractivity contribution in [3.05, 3.63) is 27.7 Å². The third kappa shape index (κ3) is 4.47. The molecule has 1 aliphatic rings. The molecule has 0 spiro atoms. The van der Waals surface area contributed by atoms with Gasteiger partial charge in [-0.3, -0.25) is 4.79 Å². The van der Waals surface area contributed by atoms with Crippen LogP contribution in [0.25, 0.3) is 0 Å². The zero-order valence-electron chi connectivity index (χ0n) is 13.0. The molecule has 0 unspecified atom stereocenters. The van der Waals surface area contributed by atoms with Crippen molar-refractivity contribution in [2.75, 3.05) is 6.61 Å². The van der Waals surface area contributed by atoms with Gasteiger partial charge in [-0.05, 0) is 48.9 Å². The van der Waals surface area contributed by atoms with Crippen LogP contribution in [0.3, 0.4) is 0 Å². The Bertz CT molecular complexity index is 508. The molecule has 1 aromatic rings. The van der Waals surface area contributed by atoms with Crippen molar-refractivity contribution in [3.63, 3.8) is 0 Å². The first-order valence-corrected chi connectivity index (χ1v) is 8.49. The summed E-state index contributed by atoms with van der Waals surface area (Å²) >= 11 is 3.55. The monoisotopic (exact) mass is 353 g/mol. The van der Waals surface area contributed by atoms with Crippen LogP contribution in [0, 0.1) is 6.92 Å². The minimum atomic E-state index is -0.0165. The average Bonchev–Trinajstić information content (AvgIpc) is 2.92. The van der Waals surface area contributed by atoms with Crippen LogP contribution in [0.1, 0.15) is 56.6 Å². The van der Waals surface area contributed by atoms with Crippen molar-refractivity contribution in [3.8, 4) is 5.75 Å². The van der Waals surface area contributed by atoms with Gasteiger partial charge in [0.05, 0.1) is 0 Å². The molecular formula is C17H24BrNO2. The molecule has 4 heteroatoms. The topological polar surface area (TPSA) is 38.3 Å². The molecule has 21 heavy (non-hydrogen) atoms. The van der Waals surface area contributed by atoms with Gasteiger partial charge >= 0.3 is 0 Å². The molecule has 1 fully saturated rings. The molecular weight excluding hydrogens is 330 g/mol. The van der Waals surface area contributed by atoms with E-state index in [0.29, 0.717) is 12.0 Å². The molecule has 0 atom stereocenters. The zero-order chi connectivity index (χ0) is 15.4. The van der Waals surface area contributed by atoms with E-state index in [9.17, 15) is 4.79 Å². The van der Waals surface area contributed by atoms with Crippen LogP contribution >= 0.6 is 15.9 Å². The summed E-state index contributed by atoms with van der Waals surface area (Å²) in [6, 6.07) is 4.43. The fourth-order valence-electron chi connectivity index (χ4n) is 2.73. The number of hydrogen-bond acceptors (Lipinski definition) is 2. The number of hydrogen-bond donors (Lipinski definition) is 1. The van der Waals surface area contributed by atoms with E-state index in [1.807, 2.05) is 13.0 Å². The lowest BCUT2D eigenvalue weighted by Gasteiger charge is -2.17. The summed E-state index contributed by atoms with van der Waals surface area (Å²) in [5, 5.41) is 3.05. The number of ether oxygens (including phenoxy) is 1. The molecule has 2 rings (SSSR count). The Morgan fingerprint density at radius 3 is 2.67 bits per heavy atom. The molecule has 0 radical (unpaired) electrons. The first-order valence-electron chi connectivity index (χ1n) is 7.69. The summed E-state index contributed by atoms with van der Waals surface area (Å²) in [5.74, 6) is 1.15. The second-order valence-corrected chi connectivity index (χ2v) is 6.99. The van der Waals surface area contributed by atoms with Crippen molar-refractivity contribution in [2.45, 2.75) is 58.4 Å². The molecule has 1 amide bonds. The number of nitrogens with one attached hydrogen (secondary N) is 1. The number of carbonyl (C=O) groups excluding carboxylic acids is 1. The molecule has 1 saturated carbocycles. The maximum Gasteiger partial charge on any atom is 0.258 e. The molecule has 3 nitrogen and oxygen atoms in total. The van der Waals surface area contributed by atoms with E-state index in [2.05, 4.69) is 41.2 Å². The van der Waals surface area contributed by atoms with E-state index in [0.717, 1.165) is 34.2 Å². The van der Waals surface area contributed by atoms with Crippen LogP contribution in [0.4, 0.5) is 0 Å². The first kappa shape index (κ1) is 16.3. The van der Waals surface area contributed by atoms with E-state index in [4.69, 9.17) is 4.74 Å². The fraction of sp³-hybridized carbons (Fsp3) is 0.588. The van der Waals surface area contributed by atoms with E-state index in [1.54, 1.807) is 0 Å². The van der Waals surface area contributed by atoms with E-state index < -0.39 is 0 Å². The molecule has 0 bridgehead atoms. The van der Waals surface area contributed by atoms with Gasteiger partial charge in [-0.2, -0.15) is 0 Å². The SMILES string of the molecule is Cc1cc(OCC(=O)NC2CCCC2)c(C(C)C)cc1Br. The van der Waals surface area contributed by atoms with Gasteiger partial charge in [-0.25, -0.2) is 0 Å². The zero-order valence-corrected chi connectivity index (χ0v) is 14.6. The number of carbonyl (C=O) groups is 1. The highest BCUT2D eigenvalue weighted by Crippen LogP contribution is 2.32. The lowest BCUT2D eigenvalue weighted by molar-refractivity contribution is -0.123. The van der Waals surface area contributed by atoms with Crippen molar-refractivity contribution in [1.82, 2.24) is 5.32 Å². The third-order valence-electron chi connectivity index (χ3n) is 3.99. The molecule has 0 aromatic heterocycles. The van der Waals surface area contributed by atoms with Gasteiger partial charge in [0.25, 0.3) is 5.91 Å². The van der Waals surface area contributed by atoms with E-state index in [1.165, 1.54) is 12.8 Å². The van der Waals surface area contributed by atoms with Gasteiger partial charge in [0.1, 0.15) is 5.75 Å². The largest absolute Gasteiger partial charge is 0.483 e. The summed E-state index contributed by atoms with van der Waals surface area (Å²) in [5.41, 5.74) is 2.24. The molecule has 1 N–H and O–H groups in total. The third-order valence-corrected chi connectivity index (χ3v) is 4.85. The van der Waals surface area contributed by atoms with Crippen LogP contribution in [0.15, 0.2) is 16.6 Å². The predicted molar refractivity (Wildman–Crippen MR) is 88.9 cm³/mol. The molecule has 1 aromatic carbocycles. The lowest BCUT2D eigenvalue weighted by atomic mass is 10.0. The van der Waals surface area contributed by atoms with Crippen molar-refractivity contribution in [2.24, 2.45) is 0 Å². The summed E-state index contributed by atoms with van der Waals surface area (Å²) in [6.45, 7) is 6.38. The Hall–Kier alpha value is -1.03. The maximum absolute atomic E-state index is 12.0. The Morgan fingerprint density at radius 1 is 1.38 bits per heavy atom. The van der Waals surface area contributed by atoms with Gasteiger partial charge in [0.2, 0.25) is 0 Å². The second-order valence-electron chi connectivity index (χ2n) is 6.13. The van der Waals surface area contributed by atoms with Gasteiger partial charge in [-0.15, -0.1) is 0 Å². The maximum atomic E-state index is 12.0. The predicted octanol–water partition coefficient (Wildman–Crippen LogP) is 4.32. The lowest BCUT2D eigenvalue weighted by Crippen LogP contribution is -2.36. The summed E-state index contributed by atoms with van der Waals surface area (Å²) in [7, 11) is 0. The molecule has 0 saturated heterocycles. The highest BCUT2D eigenvalue weighted by molar-refractivity contribution is 9.10. The van der Waals surface area contributed by atoms with Crippen LogP contribution in [-0.4, -0.2) is 18.6 Å². The molecule has 1 aliphatic carbocycles. The first-order chi connectivity index (χ1) is 9.97. The van der Waals surface area contributed by atoms with Gasteiger partial charge in [-0.1, -0.05) is 42.6 Å². The average molecular weight is 354 g/mol. The Balaban J connectivity index is 1.98. The van der Waals surface area contributed by atoms with Crippen molar-refractivity contribution in [1.29, 1.82) is 0 Å². The van der Waals surface area contributed by atoms with Crippen LogP contribution < -0.4 is 10.1 Å². The van der Waals surface area contributed by atoms with Crippen LogP contribution in [0.2, 0.25) is 0 Å². The molecule has 0 aliphatic heterocycles. The van der Waals surface area contributed by atoms with Gasteiger partial charge in [0.15, 0.2) is 6.61 Å². The standard InChI is InChI=1S/C17H24BrNO2/c1-11(2)14-9-15(18)12(3)8-16(14)21-10-17(20)19-13-6-4-5-7-13/h8-9,11,13H,4-7,10H2,1-3H3,(H,19,20). The van der Waals surface area contributed by atoms with Crippen molar-refractivity contribution < 1.29 is 9.53 Å². The Morgan fingerprint density at radius 2 is 2.05 bits per heavy atom. The second kappa shape index (κ2) is 7.30. The van der Waals surface area contributed by atoms with E-state index in [-0.39, 0.29) is 12.5 Å². The summed E-state index contributed by atoms with van der Waals surface area (Å²) in [6.07, 6.45) is 4.63. The number of benzene rings is 1. The van der Waals surface area contributed by atoms with Crippen molar-refractivity contribution >= 4 is 21.8 Å². The molecule has 116 valence electrons. The van der Waals surface area contributed by atoms with Crippen LogP contribution in [0.5, 0.6) is 5.75 Å². The quantitative estimate of drug-likeness (QED) is 0.855. The van der Waals surface area contributed by atoms with Gasteiger partial charge < -0.3 is 10.1 Å². The fourth-order valence-corrected chi connectivity index (χ4v) is 3.09. The summed E-state index contributed by atoms with van der Waals surface area (Å²) < 4.78 is 6.85. The van der Waals surface area contributed by atoms with Crippen LogP contribution in [-0.2, 0) is 4.79 Å². The van der Waals surface area contributed by atoms with E-state index >= 15 is 0 Å². The van der Waals surface area contributed by atoms with Gasteiger partial charge in [0, 0.05) is 10.5 Å².